The van der Waals surface area contributed by atoms with Crippen molar-refractivity contribution in [1.29, 1.82) is 0 Å². The van der Waals surface area contributed by atoms with Gasteiger partial charge in [0.2, 0.25) is 0 Å². The zero-order valence-electron chi connectivity index (χ0n) is 32.2. The van der Waals surface area contributed by atoms with E-state index in [1.165, 1.54) is 0 Å². The van der Waals surface area contributed by atoms with Crippen LogP contribution in [0.1, 0.15) is 48.3 Å². The van der Waals surface area contributed by atoms with Crippen molar-refractivity contribution >= 4 is 34.8 Å². The third kappa shape index (κ3) is 7.67. The van der Waals surface area contributed by atoms with E-state index in [4.69, 9.17) is 33.3 Å². The number of rotatable bonds is 14. The van der Waals surface area contributed by atoms with Crippen LogP contribution in [0.15, 0.2) is 36.4 Å². The van der Waals surface area contributed by atoms with Crippen LogP contribution in [0.25, 0.3) is 0 Å². The van der Waals surface area contributed by atoms with Crippen LogP contribution in [0.4, 0.5) is 17.1 Å². The van der Waals surface area contributed by atoms with Crippen LogP contribution in [0.5, 0.6) is 34.5 Å². The highest BCUT2D eigenvalue weighted by Gasteiger charge is 2.38. The van der Waals surface area contributed by atoms with E-state index in [9.17, 15) is 14.4 Å². The van der Waals surface area contributed by atoms with E-state index in [0.717, 1.165) is 17.1 Å². The second-order valence-corrected chi connectivity index (χ2v) is 13.3. The number of carbonyl (C=O) groups excluding carboxylic acids is 3. The second kappa shape index (κ2) is 16.4. The van der Waals surface area contributed by atoms with E-state index >= 15 is 0 Å². The molecule has 286 valence electrons. The number of hydrogen-bond donors (Lipinski definition) is 0. The van der Waals surface area contributed by atoms with Gasteiger partial charge in [-0.3, -0.25) is 9.59 Å². The van der Waals surface area contributed by atoms with Gasteiger partial charge in [0.15, 0.2) is 0 Å². The quantitative estimate of drug-likeness (QED) is 0.165. The number of hydrogen-bond acceptors (Lipinski definition) is 13. The third-order valence-electron chi connectivity index (χ3n) is 9.87. The number of carbonyl (C=O) groups is 3. The summed E-state index contributed by atoms with van der Waals surface area (Å²) in [6.07, 6.45) is 1.02. The van der Waals surface area contributed by atoms with Crippen LogP contribution >= 0.6 is 0 Å². The first-order chi connectivity index (χ1) is 25.4. The van der Waals surface area contributed by atoms with Gasteiger partial charge in [0.25, 0.3) is 11.8 Å². The van der Waals surface area contributed by atoms with E-state index in [-0.39, 0.29) is 12.8 Å². The predicted molar refractivity (Wildman–Crippen MR) is 200 cm³/mol. The molecule has 2 aliphatic heterocycles. The fraction of sp³-hybridized carbons (Fsp3) is 0.462. The van der Waals surface area contributed by atoms with Crippen LogP contribution in [0, 0.1) is 5.92 Å². The van der Waals surface area contributed by atoms with E-state index in [1.54, 1.807) is 42.7 Å². The topological polar surface area (TPSA) is 129 Å². The number of ether oxygens (including phenoxy) is 6. The molecule has 0 radical (unpaired) electrons. The lowest BCUT2D eigenvalue weighted by Crippen LogP contribution is -2.40. The minimum Gasteiger partial charge on any atom is -0.496 e. The Balaban J connectivity index is 1.64. The highest BCUT2D eigenvalue weighted by molar-refractivity contribution is 6.01. The summed E-state index contributed by atoms with van der Waals surface area (Å²) in [6.45, 7) is 1.02. The monoisotopic (exact) mass is 734 g/mol. The molecule has 3 aromatic rings. The van der Waals surface area contributed by atoms with E-state index in [0.29, 0.717) is 82.2 Å². The number of amides is 2. The molecule has 2 fully saturated rings. The summed E-state index contributed by atoms with van der Waals surface area (Å²) in [4.78, 5) is 48.3. The van der Waals surface area contributed by atoms with Crippen molar-refractivity contribution in [1.82, 2.24) is 5.06 Å². The largest absolute Gasteiger partial charge is 0.496 e. The number of piperidine rings is 1. The maximum atomic E-state index is 12.9. The summed E-state index contributed by atoms with van der Waals surface area (Å²) in [5, 5.41) is 0.607. The molecule has 0 bridgehead atoms. The molecule has 0 saturated carbocycles. The first-order valence-corrected chi connectivity index (χ1v) is 17.4. The van der Waals surface area contributed by atoms with Gasteiger partial charge < -0.3 is 48.0 Å². The molecule has 5 rings (SSSR count). The molecule has 0 aromatic heterocycles. The molecule has 2 heterocycles. The summed E-state index contributed by atoms with van der Waals surface area (Å²) < 4.78 is 36.8. The molecule has 0 atom stereocenters. The average Bonchev–Trinajstić information content (AvgIpc) is 3.49. The molecule has 0 N–H and O–H groups in total. The Morgan fingerprint density at radius 3 is 1.26 bits per heavy atom. The zero-order valence-corrected chi connectivity index (χ0v) is 32.2. The summed E-state index contributed by atoms with van der Waals surface area (Å²) in [6, 6.07) is 11.7. The second-order valence-electron chi connectivity index (χ2n) is 13.3. The van der Waals surface area contributed by atoms with Crippen molar-refractivity contribution in [2.24, 2.45) is 5.92 Å². The smallest absolute Gasteiger partial charge is 0.336 e. The van der Waals surface area contributed by atoms with Crippen molar-refractivity contribution in [2.75, 3.05) is 98.6 Å². The van der Waals surface area contributed by atoms with Crippen molar-refractivity contribution in [2.45, 2.75) is 31.6 Å². The summed E-state index contributed by atoms with van der Waals surface area (Å²) in [5.74, 6) is 0.637. The van der Waals surface area contributed by atoms with Gasteiger partial charge in [0.05, 0.1) is 54.5 Å². The summed E-state index contributed by atoms with van der Waals surface area (Å²) in [5.41, 5.74) is 4.66. The van der Waals surface area contributed by atoms with Gasteiger partial charge >= 0.3 is 5.97 Å². The Morgan fingerprint density at radius 1 is 0.604 bits per heavy atom. The third-order valence-corrected chi connectivity index (χ3v) is 9.87. The standard InChI is InChI=1S/C39H50N4O10/c1-40(2)24-17-27(47-5)35(28(18-24)48-6)38(36-29(49-7)19-25(41(3)4)20-30(36)50-8)37-31(51-9)21-26(22-32(37)52-10)42-15-13-23(14-16-42)39(46)53-43-33(44)11-12-34(43)45/h17-23,38H,11-16H2,1-10H3. The number of anilines is 3. The van der Waals surface area contributed by atoms with Crippen molar-refractivity contribution in [3.8, 4) is 34.5 Å². The van der Waals surface area contributed by atoms with Gasteiger partial charge in [0.1, 0.15) is 34.5 Å². The number of nitrogens with zero attached hydrogens (tertiary/aromatic N) is 4. The predicted octanol–water partition coefficient (Wildman–Crippen LogP) is 4.87. The summed E-state index contributed by atoms with van der Waals surface area (Å²) >= 11 is 0. The first kappa shape index (κ1) is 38.7. The zero-order chi connectivity index (χ0) is 38.6. The summed E-state index contributed by atoms with van der Waals surface area (Å²) in [7, 11) is 17.5. The van der Waals surface area contributed by atoms with Crippen LogP contribution in [0.2, 0.25) is 0 Å². The molecule has 2 saturated heterocycles. The Labute approximate surface area is 310 Å². The molecule has 14 nitrogen and oxygen atoms in total. The van der Waals surface area contributed by atoms with Crippen LogP contribution in [-0.4, -0.2) is 107 Å². The minimum atomic E-state index is -0.660. The highest BCUT2D eigenvalue weighted by atomic mass is 16.7. The van der Waals surface area contributed by atoms with Gasteiger partial charge in [-0.1, -0.05) is 0 Å². The van der Waals surface area contributed by atoms with Crippen LogP contribution in [-0.2, 0) is 19.2 Å². The number of hydroxylamine groups is 2. The average molecular weight is 735 g/mol. The van der Waals surface area contributed by atoms with Gasteiger partial charge in [-0.15, -0.1) is 5.06 Å². The fourth-order valence-electron chi connectivity index (χ4n) is 6.96. The lowest BCUT2D eigenvalue weighted by molar-refractivity contribution is -0.201. The number of methoxy groups -OCH3 is 6. The maximum Gasteiger partial charge on any atom is 0.336 e. The molecular formula is C39H50N4O10. The highest BCUT2D eigenvalue weighted by Crippen LogP contribution is 2.55. The maximum absolute atomic E-state index is 12.9. The molecule has 0 spiro atoms. The van der Waals surface area contributed by atoms with Gasteiger partial charge in [0, 0.05) is 124 Å². The Morgan fingerprint density at radius 2 is 0.943 bits per heavy atom. The van der Waals surface area contributed by atoms with E-state index < -0.39 is 29.6 Å². The van der Waals surface area contributed by atoms with Gasteiger partial charge in [-0.2, -0.15) is 0 Å². The number of benzene rings is 3. The molecule has 2 amide bonds. The SMILES string of the molecule is COc1cc(N(C)C)cc(OC)c1C(c1c(OC)cc(N(C)C)cc1OC)c1c(OC)cc(N2CCC(C(=O)ON3C(=O)CCC3=O)CC2)cc1OC. The van der Waals surface area contributed by atoms with Crippen molar-refractivity contribution in [3.63, 3.8) is 0 Å². The lowest BCUT2D eigenvalue weighted by atomic mass is 9.81. The Bertz CT molecular complexity index is 1680. The Kier molecular flexibility index (Phi) is 12.0. The molecule has 14 heteroatoms. The van der Waals surface area contributed by atoms with Gasteiger partial charge in [-0.25, -0.2) is 4.79 Å². The molecule has 0 unspecified atom stereocenters. The fourth-order valence-corrected chi connectivity index (χ4v) is 6.96. The molecule has 53 heavy (non-hydrogen) atoms. The number of imide groups is 1. The van der Waals surface area contributed by atoms with Crippen LogP contribution < -0.4 is 43.1 Å². The van der Waals surface area contributed by atoms with Crippen molar-refractivity contribution in [3.05, 3.63) is 53.1 Å². The lowest BCUT2D eigenvalue weighted by Gasteiger charge is -2.34. The van der Waals surface area contributed by atoms with E-state index in [1.807, 2.05) is 74.4 Å². The minimum absolute atomic E-state index is 0.0486. The van der Waals surface area contributed by atoms with Crippen molar-refractivity contribution < 1.29 is 47.6 Å². The Hall–Kier alpha value is -5.53. The molecular weight excluding hydrogens is 684 g/mol. The van der Waals surface area contributed by atoms with Crippen LogP contribution in [0.3, 0.4) is 0 Å². The molecule has 2 aliphatic rings. The first-order valence-electron chi connectivity index (χ1n) is 17.4. The molecule has 3 aromatic carbocycles. The normalized spacial score (nSPS) is 14.7. The van der Waals surface area contributed by atoms with E-state index in [2.05, 4.69) is 4.90 Å². The molecule has 0 aliphatic carbocycles. The van der Waals surface area contributed by atoms with Gasteiger partial charge in [-0.05, 0) is 12.8 Å².